The molecule has 27 heavy (non-hydrogen) atoms. The SMILES string of the molecule is COCc1c(C(=O)NCCc2c[nH]c3ccccc23)sc2cccc(F)c12. The Morgan fingerprint density at radius 1 is 1.22 bits per heavy atom. The van der Waals surface area contributed by atoms with Crippen molar-refractivity contribution in [2.24, 2.45) is 0 Å². The fourth-order valence-corrected chi connectivity index (χ4v) is 4.50. The molecule has 0 fully saturated rings. The van der Waals surface area contributed by atoms with E-state index in [1.807, 2.05) is 30.5 Å². The number of H-pyrrole nitrogens is 1. The first-order valence-electron chi connectivity index (χ1n) is 8.71. The van der Waals surface area contributed by atoms with E-state index in [1.165, 1.54) is 17.4 Å². The van der Waals surface area contributed by atoms with Crippen molar-refractivity contribution in [3.05, 3.63) is 70.5 Å². The number of rotatable bonds is 6. The Hall–Kier alpha value is -2.70. The molecule has 0 aliphatic heterocycles. The van der Waals surface area contributed by atoms with Gasteiger partial charge in [-0.05, 0) is 30.2 Å². The summed E-state index contributed by atoms with van der Waals surface area (Å²) in [7, 11) is 1.54. The summed E-state index contributed by atoms with van der Waals surface area (Å²) in [5.41, 5.74) is 2.85. The van der Waals surface area contributed by atoms with Gasteiger partial charge in [0.15, 0.2) is 0 Å². The van der Waals surface area contributed by atoms with E-state index < -0.39 is 0 Å². The van der Waals surface area contributed by atoms with E-state index in [9.17, 15) is 9.18 Å². The smallest absolute Gasteiger partial charge is 0.261 e. The molecule has 4 aromatic rings. The van der Waals surface area contributed by atoms with Crippen molar-refractivity contribution in [1.29, 1.82) is 0 Å². The van der Waals surface area contributed by atoms with Crippen LogP contribution in [-0.4, -0.2) is 24.5 Å². The monoisotopic (exact) mass is 382 g/mol. The Balaban J connectivity index is 1.53. The quantitative estimate of drug-likeness (QED) is 0.510. The summed E-state index contributed by atoms with van der Waals surface area (Å²) in [6, 6.07) is 13.0. The number of aromatic amines is 1. The van der Waals surface area contributed by atoms with Crippen molar-refractivity contribution >= 4 is 38.2 Å². The molecule has 2 heterocycles. The van der Waals surface area contributed by atoms with Gasteiger partial charge in [0.05, 0.1) is 11.5 Å². The summed E-state index contributed by atoms with van der Waals surface area (Å²) in [6.07, 6.45) is 2.69. The highest BCUT2D eigenvalue weighted by atomic mass is 32.1. The van der Waals surface area contributed by atoms with Gasteiger partial charge in [-0.2, -0.15) is 0 Å². The van der Waals surface area contributed by atoms with Gasteiger partial charge in [-0.25, -0.2) is 4.39 Å². The lowest BCUT2D eigenvalue weighted by Gasteiger charge is -2.06. The minimum absolute atomic E-state index is 0.192. The van der Waals surface area contributed by atoms with Crippen molar-refractivity contribution in [3.8, 4) is 0 Å². The molecule has 0 saturated carbocycles. The van der Waals surface area contributed by atoms with E-state index in [0.717, 1.165) is 21.2 Å². The molecule has 0 saturated heterocycles. The average Bonchev–Trinajstić information content (AvgIpc) is 3.25. The fourth-order valence-electron chi connectivity index (χ4n) is 3.36. The molecule has 0 radical (unpaired) electrons. The van der Waals surface area contributed by atoms with Crippen LogP contribution in [-0.2, 0) is 17.8 Å². The van der Waals surface area contributed by atoms with Crippen LogP contribution in [0.1, 0.15) is 20.8 Å². The lowest BCUT2D eigenvalue weighted by molar-refractivity contribution is 0.0954. The number of fused-ring (bicyclic) bond motifs is 2. The number of aromatic nitrogens is 1. The van der Waals surface area contributed by atoms with Gasteiger partial charge in [-0.1, -0.05) is 24.3 Å². The highest BCUT2D eigenvalue weighted by Gasteiger charge is 2.20. The molecule has 138 valence electrons. The van der Waals surface area contributed by atoms with Crippen LogP contribution >= 0.6 is 11.3 Å². The molecule has 0 atom stereocenters. The second-order valence-electron chi connectivity index (χ2n) is 6.32. The van der Waals surface area contributed by atoms with E-state index in [-0.39, 0.29) is 18.3 Å². The first-order valence-corrected chi connectivity index (χ1v) is 9.52. The molecule has 4 nitrogen and oxygen atoms in total. The number of amides is 1. The third-order valence-corrected chi connectivity index (χ3v) is 5.81. The van der Waals surface area contributed by atoms with Gasteiger partial charge in [-0.3, -0.25) is 4.79 Å². The lowest BCUT2D eigenvalue weighted by Crippen LogP contribution is -2.25. The Bertz CT molecular complexity index is 1120. The van der Waals surface area contributed by atoms with E-state index in [1.54, 1.807) is 13.2 Å². The second-order valence-corrected chi connectivity index (χ2v) is 7.37. The van der Waals surface area contributed by atoms with Crippen LogP contribution in [0.25, 0.3) is 21.0 Å². The molecule has 6 heteroatoms. The van der Waals surface area contributed by atoms with Crippen LogP contribution in [0.2, 0.25) is 0 Å². The summed E-state index contributed by atoms with van der Waals surface area (Å²) in [4.78, 5) is 16.5. The first-order chi connectivity index (χ1) is 13.2. The number of nitrogens with one attached hydrogen (secondary N) is 2. The van der Waals surface area contributed by atoms with Crippen molar-refractivity contribution in [1.82, 2.24) is 10.3 Å². The Kier molecular flexibility index (Phi) is 4.92. The first kappa shape index (κ1) is 17.7. The van der Waals surface area contributed by atoms with E-state index in [4.69, 9.17) is 4.74 Å². The lowest BCUT2D eigenvalue weighted by atomic mass is 10.1. The maximum absolute atomic E-state index is 14.2. The predicted molar refractivity (Wildman–Crippen MR) is 107 cm³/mol. The largest absolute Gasteiger partial charge is 0.380 e. The molecule has 0 unspecified atom stereocenters. The molecule has 2 aromatic carbocycles. The van der Waals surface area contributed by atoms with Crippen LogP contribution in [0.5, 0.6) is 0 Å². The molecule has 0 aliphatic rings. The summed E-state index contributed by atoms with van der Waals surface area (Å²) in [5.74, 6) is -0.517. The molecule has 2 N–H and O–H groups in total. The Morgan fingerprint density at radius 3 is 2.93 bits per heavy atom. The van der Waals surface area contributed by atoms with Gasteiger partial charge >= 0.3 is 0 Å². The van der Waals surface area contributed by atoms with Crippen molar-refractivity contribution in [2.75, 3.05) is 13.7 Å². The highest BCUT2D eigenvalue weighted by molar-refractivity contribution is 7.21. The topological polar surface area (TPSA) is 54.1 Å². The predicted octanol–water partition coefficient (Wildman–Crippen LogP) is 4.64. The van der Waals surface area contributed by atoms with Gasteiger partial charge in [0.1, 0.15) is 5.82 Å². The van der Waals surface area contributed by atoms with Crippen LogP contribution in [0.3, 0.4) is 0 Å². The number of methoxy groups -OCH3 is 1. The second kappa shape index (κ2) is 7.50. The Morgan fingerprint density at radius 2 is 2.07 bits per heavy atom. The van der Waals surface area contributed by atoms with E-state index >= 15 is 0 Å². The van der Waals surface area contributed by atoms with Gasteiger partial charge < -0.3 is 15.0 Å². The Labute approximate surface area is 160 Å². The van der Waals surface area contributed by atoms with E-state index in [2.05, 4.69) is 16.4 Å². The van der Waals surface area contributed by atoms with Gasteiger partial charge in [-0.15, -0.1) is 11.3 Å². The average molecular weight is 382 g/mol. The van der Waals surface area contributed by atoms with Crippen LogP contribution in [0.4, 0.5) is 4.39 Å². The van der Waals surface area contributed by atoms with E-state index in [0.29, 0.717) is 28.8 Å². The zero-order valence-electron chi connectivity index (χ0n) is 14.8. The van der Waals surface area contributed by atoms with Crippen LogP contribution in [0.15, 0.2) is 48.7 Å². The summed E-state index contributed by atoms with van der Waals surface area (Å²) in [6.45, 7) is 0.704. The summed E-state index contributed by atoms with van der Waals surface area (Å²) < 4.78 is 20.2. The minimum atomic E-state index is -0.325. The molecule has 4 rings (SSSR count). The van der Waals surface area contributed by atoms with Gasteiger partial charge in [0.25, 0.3) is 5.91 Å². The standard InChI is InChI=1S/C21H19FN2O2S/c1-26-12-15-19-16(22)6-4-8-18(19)27-20(15)21(25)23-10-9-13-11-24-17-7-3-2-5-14(13)17/h2-8,11,24H,9-10,12H2,1H3,(H,23,25). The zero-order valence-corrected chi connectivity index (χ0v) is 15.7. The van der Waals surface area contributed by atoms with Crippen LogP contribution < -0.4 is 5.32 Å². The number of hydrogen-bond acceptors (Lipinski definition) is 3. The molecule has 0 spiro atoms. The normalized spacial score (nSPS) is 11.3. The molecule has 0 bridgehead atoms. The molecule has 1 amide bonds. The fraction of sp³-hybridized carbons (Fsp3) is 0.190. The van der Waals surface area contributed by atoms with Crippen molar-refractivity contribution < 1.29 is 13.9 Å². The number of thiophene rings is 1. The zero-order chi connectivity index (χ0) is 18.8. The number of halogens is 1. The third kappa shape index (κ3) is 3.34. The minimum Gasteiger partial charge on any atom is -0.380 e. The number of hydrogen-bond donors (Lipinski definition) is 2. The van der Waals surface area contributed by atoms with Gasteiger partial charge in [0.2, 0.25) is 0 Å². The number of ether oxygens (including phenoxy) is 1. The molecular formula is C21H19FN2O2S. The number of para-hydroxylation sites is 1. The maximum atomic E-state index is 14.2. The maximum Gasteiger partial charge on any atom is 0.261 e. The highest BCUT2D eigenvalue weighted by Crippen LogP contribution is 2.33. The molecular weight excluding hydrogens is 363 g/mol. The van der Waals surface area contributed by atoms with Crippen molar-refractivity contribution in [2.45, 2.75) is 13.0 Å². The van der Waals surface area contributed by atoms with Crippen molar-refractivity contribution in [3.63, 3.8) is 0 Å². The van der Waals surface area contributed by atoms with Gasteiger partial charge in [0, 0.05) is 46.4 Å². The summed E-state index contributed by atoms with van der Waals surface area (Å²) >= 11 is 1.30. The molecule has 0 aliphatic carbocycles. The third-order valence-electron chi connectivity index (χ3n) is 4.61. The molecule has 2 aromatic heterocycles. The number of benzene rings is 2. The van der Waals surface area contributed by atoms with Crippen LogP contribution in [0, 0.1) is 5.82 Å². The number of carbonyl (C=O) groups is 1. The summed E-state index contributed by atoms with van der Waals surface area (Å²) in [5, 5.41) is 4.60. The number of carbonyl (C=O) groups excluding carboxylic acids is 1.